The molecule has 5 rings (SSSR count). The molecule has 192 valence electrons. The molecule has 0 radical (unpaired) electrons. The highest BCUT2D eigenvalue weighted by molar-refractivity contribution is 5.85. The van der Waals surface area contributed by atoms with Gasteiger partial charge in [-0.05, 0) is 48.7 Å². The monoisotopic (exact) mass is 526 g/mol. The summed E-state index contributed by atoms with van der Waals surface area (Å²) in [5, 5.41) is 11.0. The van der Waals surface area contributed by atoms with Gasteiger partial charge in [0, 0.05) is 30.5 Å². The maximum atomic E-state index is 12.7. The van der Waals surface area contributed by atoms with E-state index in [2.05, 4.69) is 15.7 Å². The van der Waals surface area contributed by atoms with E-state index in [1.165, 1.54) is 18.2 Å². The third-order valence-corrected chi connectivity index (χ3v) is 6.87. The van der Waals surface area contributed by atoms with Gasteiger partial charge < -0.3 is 9.15 Å². The molecule has 0 saturated heterocycles. The highest BCUT2D eigenvalue weighted by Gasteiger charge is 2.35. The minimum Gasteiger partial charge on any atom is -0.461 e. The number of halogens is 4. The van der Waals surface area contributed by atoms with Crippen molar-refractivity contribution in [2.45, 2.75) is 37.6 Å². The summed E-state index contributed by atoms with van der Waals surface area (Å²) in [6.07, 6.45) is -2.63. The van der Waals surface area contributed by atoms with Crippen LogP contribution < -0.4 is 4.74 Å². The molecule has 1 aliphatic heterocycles. The number of furan rings is 1. The van der Waals surface area contributed by atoms with E-state index in [9.17, 15) is 18.4 Å². The molecule has 0 fully saturated rings. The molecule has 0 saturated carbocycles. The molecule has 37 heavy (non-hydrogen) atoms. The maximum Gasteiger partial charge on any atom is 0.573 e. The summed E-state index contributed by atoms with van der Waals surface area (Å²) in [6.45, 7) is 2.12. The van der Waals surface area contributed by atoms with E-state index in [0.29, 0.717) is 30.4 Å². The quantitative estimate of drug-likeness (QED) is 0.252. The van der Waals surface area contributed by atoms with Crippen LogP contribution in [0, 0.1) is 11.3 Å². The second-order valence-electron chi connectivity index (χ2n) is 9.09. The summed E-state index contributed by atoms with van der Waals surface area (Å²) >= 11 is 0. The Bertz CT molecular complexity index is 1340. The fraction of sp³-hybridized carbons (Fsp3) is 0.276. The molecule has 0 spiro atoms. The molecule has 0 aliphatic carbocycles. The highest BCUT2D eigenvalue weighted by Crippen LogP contribution is 2.38. The van der Waals surface area contributed by atoms with Gasteiger partial charge >= 0.3 is 6.36 Å². The number of fused-ring (bicyclic) bond motifs is 3. The van der Waals surface area contributed by atoms with Crippen LogP contribution in [0.3, 0.4) is 0 Å². The van der Waals surface area contributed by atoms with Crippen LogP contribution in [0.25, 0.3) is 11.0 Å². The minimum atomic E-state index is -4.74. The first kappa shape index (κ1) is 26.6. The standard InChI is InChI=1S/C29H25F3N2O2.ClH/c30-29(31,32)36-23-12-13-26-24(18-23)25-19-34(17-14-27(25)35-26)16-7-15-28(20-33,21-8-3-1-4-9-21)22-10-5-2-6-11-22;/h1-6,8-13,18H,7,14-17,19H2;1H. The van der Waals surface area contributed by atoms with Crippen molar-refractivity contribution in [2.75, 3.05) is 13.1 Å². The van der Waals surface area contributed by atoms with Gasteiger partial charge in [-0.2, -0.15) is 5.26 Å². The van der Waals surface area contributed by atoms with E-state index < -0.39 is 11.8 Å². The molecular formula is C29H26ClF3N2O2. The van der Waals surface area contributed by atoms with Crippen LogP contribution in [0.2, 0.25) is 0 Å². The Morgan fingerprint density at radius 3 is 2.19 bits per heavy atom. The number of benzene rings is 3. The number of alkyl halides is 3. The molecule has 0 atom stereocenters. The van der Waals surface area contributed by atoms with Gasteiger partial charge in [-0.15, -0.1) is 25.6 Å². The second-order valence-corrected chi connectivity index (χ2v) is 9.09. The summed E-state index contributed by atoms with van der Waals surface area (Å²) < 4.78 is 48.1. The van der Waals surface area contributed by atoms with Crippen molar-refractivity contribution in [3.63, 3.8) is 0 Å². The average Bonchev–Trinajstić information content (AvgIpc) is 3.24. The largest absolute Gasteiger partial charge is 0.573 e. The van der Waals surface area contributed by atoms with Crippen molar-refractivity contribution < 1.29 is 22.3 Å². The smallest absolute Gasteiger partial charge is 0.461 e. The number of rotatable bonds is 7. The zero-order valence-electron chi connectivity index (χ0n) is 20.0. The van der Waals surface area contributed by atoms with Crippen LogP contribution in [-0.4, -0.2) is 24.4 Å². The molecule has 4 aromatic rings. The molecule has 0 N–H and O–H groups in total. The van der Waals surface area contributed by atoms with E-state index in [-0.39, 0.29) is 18.2 Å². The summed E-state index contributed by atoms with van der Waals surface area (Å²) in [5.74, 6) is 0.561. The Kier molecular flexibility index (Phi) is 7.82. The molecule has 0 amide bonds. The Morgan fingerprint density at radius 2 is 1.59 bits per heavy atom. The summed E-state index contributed by atoms with van der Waals surface area (Å²) in [5.41, 5.74) is 2.65. The molecule has 0 unspecified atom stereocenters. The topological polar surface area (TPSA) is 49.4 Å². The minimum absolute atomic E-state index is 0. The third kappa shape index (κ3) is 5.61. The molecule has 0 bridgehead atoms. The SMILES string of the molecule is Cl.N#CC(CCCN1CCc2oc3ccc(OC(F)(F)F)cc3c2C1)(c1ccccc1)c1ccccc1. The van der Waals surface area contributed by atoms with Gasteiger partial charge in [0.15, 0.2) is 0 Å². The fourth-order valence-corrected chi connectivity index (χ4v) is 5.16. The molecule has 1 aliphatic rings. The predicted molar refractivity (Wildman–Crippen MR) is 138 cm³/mol. The number of ether oxygens (including phenoxy) is 1. The Labute approximate surface area is 219 Å². The Balaban J connectivity index is 0.00000320. The van der Waals surface area contributed by atoms with Crippen molar-refractivity contribution in [3.05, 3.63) is 101 Å². The summed E-state index contributed by atoms with van der Waals surface area (Å²) in [6, 6.07) is 26.5. The summed E-state index contributed by atoms with van der Waals surface area (Å²) in [4.78, 5) is 2.27. The van der Waals surface area contributed by atoms with Gasteiger partial charge in [0.2, 0.25) is 0 Å². The van der Waals surface area contributed by atoms with Crippen molar-refractivity contribution in [3.8, 4) is 11.8 Å². The number of hydrogen-bond acceptors (Lipinski definition) is 4. The lowest BCUT2D eigenvalue weighted by Gasteiger charge is -2.31. The van der Waals surface area contributed by atoms with E-state index in [4.69, 9.17) is 4.42 Å². The lowest BCUT2D eigenvalue weighted by molar-refractivity contribution is -0.274. The van der Waals surface area contributed by atoms with Crippen LogP contribution in [0.4, 0.5) is 13.2 Å². The summed E-state index contributed by atoms with van der Waals surface area (Å²) in [7, 11) is 0. The average molecular weight is 527 g/mol. The van der Waals surface area contributed by atoms with Gasteiger partial charge in [0.1, 0.15) is 22.5 Å². The first-order valence-corrected chi connectivity index (χ1v) is 11.9. The third-order valence-electron chi connectivity index (χ3n) is 6.87. The van der Waals surface area contributed by atoms with Gasteiger partial charge in [-0.3, -0.25) is 4.90 Å². The zero-order valence-corrected chi connectivity index (χ0v) is 20.8. The first-order chi connectivity index (χ1) is 17.4. The van der Waals surface area contributed by atoms with Gasteiger partial charge in [-0.1, -0.05) is 60.7 Å². The molecule has 2 heterocycles. The van der Waals surface area contributed by atoms with Crippen LogP contribution >= 0.6 is 12.4 Å². The number of nitrogens with zero attached hydrogens (tertiary/aromatic N) is 2. The Morgan fingerprint density at radius 1 is 0.946 bits per heavy atom. The first-order valence-electron chi connectivity index (χ1n) is 11.9. The molecule has 4 nitrogen and oxygen atoms in total. The maximum absolute atomic E-state index is 12.7. The molecule has 1 aromatic heterocycles. The molecule has 3 aromatic carbocycles. The van der Waals surface area contributed by atoms with Crippen molar-refractivity contribution in [1.82, 2.24) is 4.90 Å². The van der Waals surface area contributed by atoms with Gasteiger partial charge in [0.05, 0.1) is 6.07 Å². The number of hydrogen-bond donors (Lipinski definition) is 0. The second kappa shape index (κ2) is 10.9. The van der Waals surface area contributed by atoms with Crippen LogP contribution in [-0.2, 0) is 18.4 Å². The molecule has 8 heteroatoms. The van der Waals surface area contributed by atoms with Gasteiger partial charge in [-0.25, -0.2) is 0 Å². The van der Waals surface area contributed by atoms with E-state index >= 15 is 0 Å². The molecular weight excluding hydrogens is 501 g/mol. The highest BCUT2D eigenvalue weighted by atomic mass is 35.5. The lowest BCUT2D eigenvalue weighted by atomic mass is 9.72. The normalized spacial score (nSPS) is 14.0. The van der Waals surface area contributed by atoms with E-state index in [0.717, 1.165) is 42.0 Å². The van der Waals surface area contributed by atoms with E-state index in [1.807, 2.05) is 60.7 Å². The van der Waals surface area contributed by atoms with Crippen molar-refractivity contribution in [2.24, 2.45) is 0 Å². The van der Waals surface area contributed by atoms with Crippen LogP contribution in [0.1, 0.15) is 35.3 Å². The van der Waals surface area contributed by atoms with Crippen molar-refractivity contribution in [1.29, 1.82) is 5.26 Å². The fourth-order valence-electron chi connectivity index (χ4n) is 5.16. The number of nitriles is 1. The Hall–Kier alpha value is -3.47. The van der Waals surface area contributed by atoms with Crippen LogP contribution in [0.15, 0.2) is 83.3 Å². The van der Waals surface area contributed by atoms with Crippen LogP contribution in [0.5, 0.6) is 5.75 Å². The van der Waals surface area contributed by atoms with E-state index in [1.54, 1.807) is 0 Å². The van der Waals surface area contributed by atoms with Crippen molar-refractivity contribution >= 4 is 23.4 Å². The zero-order chi connectivity index (χ0) is 25.2. The predicted octanol–water partition coefficient (Wildman–Crippen LogP) is 7.40. The van der Waals surface area contributed by atoms with Gasteiger partial charge in [0.25, 0.3) is 0 Å². The lowest BCUT2D eigenvalue weighted by Crippen LogP contribution is -2.33.